The number of carbonyl (C=O) groups excluding carboxylic acids is 1. The third-order valence-electron chi connectivity index (χ3n) is 2.93. The van der Waals surface area contributed by atoms with Crippen LogP contribution in [0.2, 0.25) is 0 Å². The monoisotopic (exact) mass is 338 g/mol. The second kappa shape index (κ2) is 6.76. The molecule has 0 saturated carbocycles. The zero-order valence-electron chi connectivity index (χ0n) is 12.2. The molecule has 0 aliphatic carbocycles. The highest BCUT2D eigenvalue weighted by molar-refractivity contribution is 7.89. The molecular formula is C15H15FN2O4S. The van der Waals surface area contributed by atoms with E-state index in [0.717, 1.165) is 0 Å². The third-order valence-corrected chi connectivity index (χ3v) is 3.86. The quantitative estimate of drug-likeness (QED) is 0.869. The number of hydrogen-bond donors (Lipinski definition) is 2. The summed E-state index contributed by atoms with van der Waals surface area (Å²) in [6.45, 7) is 1.51. The van der Waals surface area contributed by atoms with E-state index in [1.807, 2.05) is 0 Å². The smallest absolute Gasteiger partial charge is 0.265 e. The number of sulfonamides is 1. The fraction of sp³-hybridized carbons (Fsp3) is 0.133. The normalized spacial score (nSPS) is 12.5. The van der Waals surface area contributed by atoms with E-state index in [4.69, 9.17) is 9.88 Å². The number of halogens is 1. The van der Waals surface area contributed by atoms with Crippen molar-refractivity contribution in [1.29, 1.82) is 0 Å². The van der Waals surface area contributed by atoms with Gasteiger partial charge < -0.3 is 10.1 Å². The largest absolute Gasteiger partial charge is 0.481 e. The number of nitrogens with two attached hydrogens (primary N) is 1. The van der Waals surface area contributed by atoms with Gasteiger partial charge in [-0.15, -0.1) is 0 Å². The predicted molar refractivity (Wildman–Crippen MR) is 82.9 cm³/mol. The molecule has 0 unspecified atom stereocenters. The molecule has 0 bridgehead atoms. The van der Waals surface area contributed by atoms with Crippen molar-refractivity contribution in [2.24, 2.45) is 5.14 Å². The Kier molecular flexibility index (Phi) is 4.97. The summed E-state index contributed by atoms with van der Waals surface area (Å²) in [5.41, 5.74) is 0.386. The fourth-order valence-corrected chi connectivity index (χ4v) is 2.29. The molecule has 0 saturated heterocycles. The lowest BCUT2D eigenvalue weighted by Crippen LogP contribution is -2.30. The summed E-state index contributed by atoms with van der Waals surface area (Å²) < 4.78 is 40.7. The maximum atomic E-state index is 13.1. The van der Waals surface area contributed by atoms with Gasteiger partial charge in [0.05, 0.1) is 4.90 Å². The van der Waals surface area contributed by atoms with E-state index in [-0.39, 0.29) is 10.6 Å². The summed E-state index contributed by atoms with van der Waals surface area (Å²) >= 11 is 0. The molecule has 3 N–H and O–H groups in total. The second-order valence-electron chi connectivity index (χ2n) is 4.78. The van der Waals surface area contributed by atoms with Gasteiger partial charge in [0.1, 0.15) is 11.6 Å². The van der Waals surface area contributed by atoms with Gasteiger partial charge in [0.25, 0.3) is 5.91 Å². The standard InChI is InChI=1S/C15H15FN2O4S/c1-10(22-13-4-2-3-11(16)9-13)15(19)18-12-5-7-14(8-6-12)23(17,20)21/h2-10H,1H3,(H,18,19)(H2,17,20,21)/t10-/m1/s1. The molecule has 122 valence electrons. The number of carbonyl (C=O) groups is 1. The molecule has 8 heteroatoms. The van der Waals surface area contributed by atoms with E-state index in [0.29, 0.717) is 5.69 Å². The Balaban J connectivity index is 2.01. The highest BCUT2D eigenvalue weighted by Gasteiger charge is 2.15. The van der Waals surface area contributed by atoms with E-state index < -0.39 is 27.9 Å². The van der Waals surface area contributed by atoms with Crippen LogP contribution < -0.4 is 15.2 Å². The Bertz CT molecular complexity index is 806. The first-order chi connectivity index (χ1) is 10.8. The van der Waals surface area contributed by atoms with Crippen LogP contribution in [0.15, 0.2) is 53.4 Å². The minimum Gasteiger partial charge on any atom is -0.481 e. The van der Waals surface area contributed by atoms with Crippen molar-refractivity contribution in [3.8, 4) is 5.75 Å². The van der Waals surface area contributed by atoms with Crippen LogP contribution in [0, 0.1) is 5.82 Å². The number of nitrogens with one attached hydrogen (secondary N) is 1. The summed E-state index contributed by atoms with van der Waals surface area (Å²) in [5, 5.41) is 7.55. The Morgan fingerprint density at radius 3 is 2.43 bits per heavy atom. The van der Waals surface area contributed by atoms with Crippen LogP contribution in [0.4, 0.5) is 10.1 Å². The average Bonchev–Trinajstić information content (AvgIpc) is 2.46. The van der Waals surface area contributed by atoms with Gasteiger partial charge in [0.15, 0.2) is 6.10 Å². The molecule has 2 aromatic carbocycles. The molecular weight excluding hydrogens is 323 g/mol. The number of rotatable bonds is 5. The molecule has 0 aliphatic rings. The fourth-order valence-electron chi connectivity index (χ4n) is 1.77. The molecule has 0 heterocycles. The van der Waals surface area contributed by atoms with Crippen molar-refractivity contribution in [3.05, 3.63) is 54.3 Å². The number of anilines is 1. The van der Waals surface area contributed by atoms with Crippen molar-refractivity contribution in [1.82, 2.24) is 0 Å². The van der Waals surface area contributed by atoms with Gasteiger partial charge in [0, 0.05) is 11.8 Å². The van der Waals surface area contributed by atoms with Crippen molar-refractivity contribution in [2.45, 2.75) is 17.9 Å². The van der Waals surface area contributed by atoms with Gasteiger partial charge in [-0.25, -0.2) is 17.9 Å². The van der Waals surface area contributed by atoms with Gasteiger partial charge in [-0.1, -0.05) is 6.07 Å². The van der Waals surface area contributed by atoms with Gasteiger partial charge in [-0.3, -0.25) is 4.79 Å². The number of primary sulfonamides is 1. The molecule has 2 rings (SSSR count). The summed E-state index contributed by atoms with van der Waals surface area (Å²) in [4.78, 5) is 12.0. The van der Waals surface area contributed by atoms with Gasteiger partial charge >= 0.3 is 0 Å². The summed E-state index contributed by atoms with van der Waals surface area (Å²) in [6, 6.07) is 10.8. The van der Waals surface area contributed by atoms with Crippen LogP contribution >= 0.6 is 0 Å². The number of hydrogen-bond acceptors (Lipinski definition) is 4. The van der Waals surface area contributed by atoms with E-state index in [1.54, 1.807) is 0 Å². The van der Waals surface area contributed by atoms with Crippen LogP contribution in [0.5, 0.6) is 5.75 Å². The van der Waals surface area contributed by atoms with Gasteiger partial charge in [-0.2, -0.15) is 0 Å². The molecule has 23 heavy (non-hydrogen) atoms. The SMILES string of the molecule is C[C@@H](Oc1cccc(F)c1)C(=O)Nc1ccc(S(N)(=O)=O)cc1. The molecule has 0 aromatic heterocycles. The first kappa shape index (κ1) is 16.9. The number of benzene rings is 2. The van der Waals surface area contributed by atoms with Gasteiger partial charge in [-0.05, 0) is 43.3 Å². The van der Waals surface area contributed by atoms with Crippen LogP contribution in [0.3, 0.4) is 0 Å². The topological polar surface area (TPSA) is 98.5 Å². The molecule has 0 radical (unpaired) electrons. The van der Waals surface area contributed by atoms with E-state index in [2.05, 4.69) is 5.32 Å². The lowest BCUT2D eigenvalue weighted by Gasteiger charge is -2.15. The molecule has 6 nitrogen and oxygen atoms in total. The van der Waals surface area contributed by atoms with E-state index in [1.165, 1.54) is 55.5 Å². The molecule has 0 spiro atoms. The Morgan fingerprint density at radius 2 is 1.87 bits per heavy atom. The Hall–Kier alpha value is -2.45. The zero-order chi connectivity index (χ0) is 17.0. The molecule has 2 aromatic rings. The predicted octanol–water partition coefficient (Wildman–Crippen LogP) is 1.88. The van der Waals surface area contributed by atoms with E-state index in [9.17, 15) is 17.6 Å². The number of ether oxygens (including phenoxy) is 1. The first-order valence-corrected chi connectivity index (χ1v) is 8.16. The molecule has 1 atom stereocenters. The van der Waals surface area contributed by atoms with Crippen molar-refractivity contribution >= 4 is 21.6 Å². The summed E-state index contributed by atoms with van der Waals surface area (Å²) in [6.07, 6.45) is -0.866. The Morgan fingerprint density at radius 1 is 1.22 bits per heavy atom. The van der Waals surface area contributed by atoms with Crippen molar-refractivity contribution < 1.29 is 22.3 Å². The van der Waals surface area contributed by atoms with Crippen LogP contribution in [-0.2, 0) is 14.8 Å². The van der Waals surface area contributed by atoms with Crippen LogP contribution in [-0.4, -0.2) is 20.4 Å². The maximum Gasteiger partial charge on any atom is 0.265 e. The summed E-state index contributed by atoms with van der Waals surface area (Å²) in [7, 11) is -3.78. The lowest BCUT2D eigenvalue weighted by atomic mass is 10.3. The van der Waals surface area contributed by atoms with Gasteiger partial charge in [0.2, 0.25) is 10.0 Å². The molecule has 0 aliphatic heterocycles. The van der Waals surface area contributed by atoms with Crippen LogP contribution in [0.1, 0.15) is 6.92 Å². The minimum absolute atomic E-state index is 0.0560. The minimum atomic E-state index is -3.78. The summed E-state index contributed by atoms with van der Waals surface area (Å²) in [5.74, 6) is -0.691. The van der Waals surface area contributed by atoms with E-state index >= 15 is 0 Å². The number of amides is 1. The Labute approximate surface area is 133 Å². The highest BCUT2D eigenvalue weighted by Crippen LogP contribution is 2.16. The average molecular weight is 338 g/mol. The first-order valence-electron chi connectivity index (χ1n) is 6.61. The lowest BCUT2D eigenvalue weighted by molar-refractivity contribution is -0.122. The third kappa shape index (κ3) is 4.76. The zero-order valence-corrected chi connectivity index (χ0v) is 13.0. The highest BCUT2D eigenvalue weighted by atomic mass is 32.2. The molecule has 0 fully saturated rings. The molecule has 1 amide bonds. The van der Waals surface area contributed by atoms with Crippen LogP contribution in [0.25, 0.3) is 0 Å². The maximum absolute atomic E-state index is 13.1. The van der Waals surface area contributed by atoms with Crippen molar-refractivity contribution in [2.75, 3.05) is 5.32 Å². The second-order valence-corrected chi connectivity index (χ2v) is 6.34. The van der Waals surface area contributed by atoms with Crippen molar-refractivity contribution in [3.63, 3.8) is 0 Å².